The molecule has 0 aliphatic carbocycles. The van der Waals surface area contributed by atoms with Crippen LogP contribution in [0.15, 0.2) is 0 Å². The Morgan fingerprint density at radius 1 is 1.38 bits per heavy atom. The number of nitrogens with zero attached hydrogens (tertiary/aromatic N) is 1. The summed E-state index contributed by atoms with van der Waals surface area (Å²) in [6.07, 6.45) is 0.734. The molecule has 6 heteroatoms. The molecule has 0 amide bonds. The monoisotopic (exact) mass is 212 g/mol. The third-order valence-corrected chi connectivity index (χ3v) is 2.43. The van der Waals surface area contributed by atoms with E-state index in [1.54, 1.807) is 0 Å². The lowest BCUT2D eigenvalue weighted by Gasteiger charge is -2.23. The third kappa shape index (κ3) is 8.40. The molecule has 1 N–H and O–H groups in total. The molecule has 0 radical (unpaired) electrons. The van der Waals surface area contributed by atoms with Crippen LogP contribution in [-0.2, 0) is 13.6 Å². The molecule has 0 aromatic rings. The van der Waals surface area contributed by atoms with E-state index in [4.69, 9.17) is 4.89 Å². The number of rotatable bonds is 6. The molecule has 0 rings (SSSR count). The number of hydrogen-bond donors (Lipinski definition) is 1. The lowest BCUT2D eigenvalue weighted by Crippen LogP contribution is -2.35. The summed E-state index contributed by atoms with van der Waals surface area (Å²) < 4.78 is 20.5. The van der Waals surface area contributed by atoms with Crippen LogP contribution < -0.4 is 0 Å². The summed E-state index contributed by atoms with van der Waals surface area (Å²) >= 11 is 0. The molecule has 0 bridgehead atoms. The molecule has 0 saturated heterocycles. The highest BCUT2D eigenvalue weighted by atomic mass is 31.2. The highest BCUT2D eigenvalue weighted by Crippen LogP contribution is 2.41. The minimum absolute atomic E-state index is 0.247. The van der Waals surface area contributed by atoms with Crippen molar-refractivity contribution in [3.8, 4) is 0 Å². The Labute approximate surface area is 79.5 Å². The fraction of sp³-hybridized carbons (Fsp3) is 1.00. The Bertz CT molecular complexity index is 189. The van der Waals surface area contributed by atoms with E-state index in [1.807, 2.05) is 0 Å². The van der Waals surface area contributed by atoms with E-state index in [1.165, 1.54) is 0 Å². The minimum Gasteiger partial charge on any atom is -0.331 e. The average Bonchev–Trinajstić information content (AvgIpc) is 1.97. The van der Waals surface area contributed by atoms with Crippen molar-refractivity contribution >= 4 is 7.82 Å². The van der Waals surface area contributed by atoms with Crippen LogP contribution in [0.4, 0.5) is 0 Å². The first kappa shape index (κ1) is 13.1. The quantitative estimate of drug-likeness (QED) is 0.403. The van der Waals surface area contributed by atoms with Crippen molar-refractivity contribution < 1.29 is 23.0 Å². The summed E-state index contributed by atoms with van der Waals surface area (Å²) in [7, 11) is 3.54. The first-order chi connectivity index (χ1) is 5.77. The van der Waals surface area contributed by atoms with E-state index in [-0.39, 0.29) is 6.61 Å². The molecule has 5 nitrogen and oxygen atoms in total. The molecule has 80 valence electrons. The van der Waals surface area contributed by atoms with Crippen molar-refractivity contribution in [2.45, 2.75) is 6.42 Å². The van der Waals surface area contributed by atoms with Gasteiger partial charge in [0.15, 0.2) is 0 Å². The molecular weight excluding hydrogens is 193 g/mol. The molecule has 1 atom stereocenters. The number of phosphoric ester groups is 1. The highest BCUT2D eigenvalue weighted by Gasteiger charge is 2.18. The van der Waals surface area contributed by atoms with E-state index >= 15 is 0 Å². The van der Waals surface area contributed by atoms with Gasteiger partial charge in [0.1, 0.15) is 0 Å². The normalized spacial score (nSPS) is 17.0. The number of phosphoric acid groups is 1. The van der Waals surface area contributed by atoms with Crippen LogP contribution in [0.2, 0.25) is 0 Å². The summed E-state index contributed by atoms with van der Waals surface area (Å²) in [4.78, 5) is 8.86. The molecule has 0 heterocycles. The van der Waals surface area contributed by atoms with Crippen molar-refractivity contribution in [2.75, 3.05) is 41.4 Å². The van der Waals surface area contributed by atoms with Crippen LogP contribution in [0, 0.1) is 0 Å². The lowest BCUT2D eigenvalue weighted by molar-refractivity contribution is -0.870. The maximum atomic E-state index is 10.8. The Morgan fingerprint density at radius 3 is 2.31 bits per heavy atom. The molecule has 0 aromatic heterocycles. The van der Waals surface area contributed by atoms with E-state index in [0.29, 0.717) is 0 Å². The van der Waals surface area contributed by atoms with Crippen molar-refractivity contribution in [3.63, 3.8) is 0 Å². The van der Waals surface area contributed by atoms with Gasteiger partial charge in [0.2, 0.25) is 0 Å². The minimum atomic E-state index is -3.76. The Morgan fingerprint density at radius 2 is 1.92 bits per heavy atom. The molecule has 0 spiro atoms. The second-order valence-electron chi connectivity index (χ2n) is 3.85. The van der Waals surface area contributed by atoms with Gasteiger partial charge in [-0.25, -0.2) is 4.57 Å². The SMILES string of the molecule is COP(=O)(O)OCCC[N+](C)(C)C. The van der Waals surface area contributed by atoms with Gasteiger partial charge in [-0.3, -0.25) is 9.05 Å². The second kappa shape index (κ2) is 5.08. The van der Waals surface area contributed by atoms with Gasteiger partial charge >= 0.3 is 7.82 Å². The molecule has 0 aliphatic rings. The van der Waals surface area contributed by atoms with Crippen LogP contribution in [0.25, 0.3) is 0 Å². The second-order valence-corrected chi connectivity index (χ2v) is 5.41. The predicted molar refractivity (Wildman–Crippen MR) is 50.3 cm³/mol. The Hall–Kier alpha value is 0.0700. The largest absolute Gasteiger partial charge is 0.471 e. The van der Waals surface area contributed by atoms with Crippen molar-refractivity contribution in [2.24, 2.45) is 0 Å². The van der Waals surface area contributed by atoms with Crippen molar-refractivity contribution in [1.29, 1.82) is 0 Å². The van der Waals surface area contributed by atoms with Crippen LogP contribution in [0.5, 0.6) is 0 Å². The molecule has 0 fully saturated rings. The van der Waals surface area contributed by atoms with Gasteiger partial charge in [0.05, 0.1) is 34.3 Å². The molecule has 0 aliphatic heterocycles. The van der Waals surface area contributed by atoms with Gasteiger partial charge in [-0.1, -0.05) is 0 Å². The Balaban J connectivity index is 3.53. The molecule has 13 heavy (non-hydrogen) atoms. The first-order valence-corrected chi connectivity index (χ1v) is 5.60. The number of hydrogen-bond acceptors (Lipinski definition) is 3. The molecule has 0 saturated carbocycles. The fourth-order valence-electron chi connectivity index (χ4n) is 0.772. The summed E-state index contributed by atoms with van der Waals surface area (Å²) in [6, 6.07) is 0. The van der Waals surface area contributed by atoms with Gasteiger partial charge < -0.3 is 9.38 Å². The van der Waals surface area contributed by atoms with Gasteiger partial charge in [0.25, 0.3) is 0 Å². The zero-order valence-corrected chi connectivity index (χ0v) is 9.58. The molecular formula is C7H19NO4P+. The van der Waals surface area contributed by atoms with Crippen molar-refractivity contribution in [1.82, 2.24) is 0 Å². The fourth-order valence-corrected chi connectivity index (χ4v) is 1.24. The van der Waals surface area contributed by atoms with E-state index in [0.717, 1.165) is 24.6 Å². The Kier molecular flexibility index (Phi) is 5.10. The number of quaternary nitrogens is 1. The van der Waals surface area contributed by atoms with Gasteiger partial charge in [0, 0.05) is 13.5 Å². The van der Waals surface area contributed by atoms with Crippen LogP contribution in [-0.4, -0.2) is 50.8 Å². The predicted octanol–water partition coefficient (Wildman–Crippen LogP) is 0.846. The first-order valence-electron chi connectivity index (χ1n) is 4.10. The van der Waals surface area contributed by atoms with E-state index in [2.05, 4.69) is 30.2 Å². The lowest BCUT2D eigenvalue weighted by atomic mass is 10.4. The summed E-state index contributed by atoms with van der Waals surface area (Å²) in [5.41, 5.74) is 0. The average molecular weight is 212 g/mol. The molecule has 0 aromatic carbocycles. The van der Waals surface area contributed by atoms with Crippen LogP contribution in [0.3, 0.4) is 0 Å². The topological polar surface area (TPSA) is 55.8 Å². The van der Waals surface area contributed by atoms with Crippen LogP contribution >= 0.6 is 7.82 Å². The maximum absolute atomic E-state index is 10.8. The van der Waals surface area contributed by atoms with Crippen molar-refractivity contribution in [3.05, 3.63) is 0 Å². The van der Waals surface area contributed by atoms with Gasteiger partial charge in [-0.05, 0) is 0 Å². The van der Waals surface area contributed by atoms with Gasteiger partial charge in [-0.2, -0.15) is 0 Å². The maximum Gasteiger partial charge on any atom is 0.471 e. The summed E-state index contributed by atoms with van der Waals surface area (Å²) in [5.74, 6) is 0. The summed E-state index contributed by atoms with van der Waals surface area (Å²) in [5, 5.41) is 0. The van der Waals surface area contributed by atoms with Crippen LogP contribution in [0.1, 0.15) is 6.42 Å². The van der Waals surface area contributed by atoms with E-state index in [9.17, 15) is 4.57 Å². The molecule has 1 unspecified atom stereocenters. The third-order valence-electron chi connectivity index (χ3n) is 1.46. The zero-order chi connectivity index (χ0) is 10.5. The summed E-state index contributed by atoms with van der Waals surface area (Å²) in [6.45, 7) is 1.14. The standard InChI is InChI=1S/C7H18NO4P/c1-8(2,3)6-5-7-12-13(9,10)11-4/h5-7H2,1-4H3/p+1. The highest BCUT2D eigenvalue weighted by molar-refractivity contribution is 7.47. The smallest absolute Gasteiger partial charge is 0.331 e. The van der Waals surface area contributed by atoms with E-state index < -0.39 is 7.82 Å². The van der Waals surface area contributed by atoms with Gasteiger partial charge in [-0.15, -0.1) is 0 Å². The zero-order valence-electron chi connectivity index (χ0n) is 8.69.